The van der Waals surface area contributed by atoms with E-state index in [0.717, 1.165) is 19.3 Å². The van der Waals surface area contributed by atoms with E-state index < -0.39 is 0 Å². The molecule has 2 aromatic carbocycles. The van der Waals surface area contributed by atoms with E-state index in [2.05, 4.69) is 23.5 Å². The van der Waals surface area contributed by atoms with Crippen LogP contribution in [0.1, 0.15) is 35.6 Å². The van der Waals surface area contributed by atoms with Gasteiger partial charge >= 0.3 is 0 Å². The van der Waals surface area contributed by atoms with E-state index in [1.165, 1.54) is 23.3 Å². The number of hydrogen-bond donors (Lipinski definition) is 1. The molecule has 100 valence electrons. The first-order valence-electron chi connectivity index (χ1n) is 6.82. The van der Waals surface area contributed by atoms with Gasteiger partial charge in [-0.25, -0.2) is 4.39 Å². The molecule has 2 aromatic rings. The molecule has 1 atom stereocenters. The number of fused-ring (bicyclic) bond motifs is 1. The highest BCUT2D eigenvalue weighted by atomic mass is 19.1. The second-order valence-electron chi connectivity index (χ2n) is 5.09. The van der Waals surface area contributed by atoms with Crippen LogP contribution in [0.25, 0.3) is 0 Å². The number of nitrogens with zero attached hydrogens (tertiary/aromatic N) is 1. The van der Waals surface area contributed by atoms with Crippen molar-refractivity contribution in [2.45, 2.75) is 25.3 Å². The molecule has 0 heterocycles. The zero-order chi connectivity index (χ0) is 13.9. The lowest BCUT2D eigenvalue weighted by Crippen LogP contribution is -2.17. The van der Waals surface area contributed by atoms with E-state index in [1.807, 2.05) is 12.1 Å². The number of hydrogen-bond acceptors (Lipinski definition) is 2. The molecule has 0 spiro atoms. The fourth-order valence-corrected chi connectivity index (χ4v) is 2.83. The average molecular weight is 266 g/mol. The van der Waals surface area contributed by atoms with E-state index in [-0.39, 0.29) is 11.9 Å². The monoisotopic (exact) mass is 266 g/mol. The molecule has 0 aromatic heterocycles. The predicted octanol–water partition coefficient (Wildman–Crippen LogP) is 4.19. The Hall–Kier alpha value is -2.34. The second kappa shape index (κ2) is 5.34. The van der Waals surface area contributed by atoms with Crippen molar-refractivity contribution in [3.8, 4) is 6.07 Å². The minimum Gasteiger partial charge on any atom is -0.377 e. The number of nitriles is 1. The molecule has 1 unspecified atom stereocenters. The summed E-state index contributed by atoms with van der Waals surface area (Å²) in [6, 6.07) is 14.9. The normalized spacial score (nSPS) is 17.1. The number of benzene rings is 2. The summed E-state index contributed by atoms with van der Waals surface area (Å²) in [4.78, 5) is 0. The largest absolute Gasteiger partial charge is 0.377 e. The average Bonchev–Trinajstić information content (AvgIpc) is 2.49. The smallest absolute Gasteiger partial charge is 0.124 e. The van der Waals surface area contributed by atoms with E-state index in [0.29, 0.717) is 11.3 Å². The molecule has 0 radical (unpaired) electrons. The van der Waals surface area contributed by atoms with Gasteiger partial charge in [0.05, 0.1) is 17.3 Å². The minimum absolute atomic E-state index is 0.192. The lowest BCUT2D eigenvalue weighted by molar-refractivity contribution is 0.599. The third-order valence-electron chi connectivity index (χ3n) is 3.80. The van der Waals surface area contributed by atoms with Gasteiger partial charge in [-0.2, -0.15) is 5.26 Å². The summed E-state index contributed by atoms with van der Waals surface area (Å²) in [5, 5.41) is 12.5. The molecule has 0 fully saturated rings. The number of rotatable bonds is 2. The molecule has 0 amide bonds. The maximum absolute atomic E-state index is 13.2. The van der Waals surface area contributed by atoms with Gasteiger partial charge < -0.3 is 5.32 Å². The molecule has 1 aliphatic rings. The molecule has 0 saturated carbocycles. The van der Waals surface area contributed by atoms with Crippen LogP contribution in [0, 0.1) is 17.1 Å². The SMILES string of the molecule is N#Cc1cc(F)ccc1NC1CCCc2ccccc21. The second-order valence-corrected chi connectivity index (χ2v) is 5.09. The van der Waals surface area contributed by atoms with Crippen LogP contribution in [-0.4, -0.2) is 0 Å². The van der Waals surface area contributed by atoms with Crippen LogP contribution in [0.3, 0.4) is 0 Å². The molecule has 0 aliphatic heterocycles. The maximum Gasteiger partial charge on any atom is 0.124 e. The summed E-state index contributed by atoms with van der Waals surface area (Å²) < 4.78 is 13.2. The van der Waals surface area contributed by atoms with Crippen LogP contribution in [0.5, 0.6) is 0 Å². The first-order chi connectivity index (χ1) is 9.78. The van der Waals surface area contributed by atoms with Gasteiger partial charge in [-0.3, -0.25) is 0 Å². The topological polar surface area (TPSA) is 35.8 Å². The summed E-state index contributed by atoms with van der Waals surface area (Å²) in [5.74, 6) is -0.379. The van der Waals surface area contributed by atoms with Crippen LogP contribution < -0.4 is 5.32 Å². The Bertz CT molecular complexity index is 673. The molecule has 2 nitrogen and oxygen atoms in total. The van der Waals surface area contributed by atoms with Crippen LogP contribution >= 0.6 is 0 Å². The minimum atomic E-state index is -0.379. The lowest BCUT2D eigenvalue weighted by Gasteiger charge is -2.27. The van der Waals surface area contributed by atoms with Crippen molar-refractivity contribution in [2.75, 3.05) is 5.32 Å². The van der Waals surface area contributed by atoms with Gasteiger partial charge in [0.1, 0.15) is 11.9 Å². The van der Waals surface area contributed by atoms with Crippen molar-refractivity contribution >= 4 is 5.69 Å². The van der Waals surface area contributed by atoms with Crippen molar-refractivity contribution < 1.29 is 4.39 Å². The van der Waals surface area contributed by atoms with Gasteiger partial charge in [0.15, 0.2) is 0 Å². The van der Waals surface area contributed by atoms with Gasteiger partial charge in [0, 0.05) is 0 Å². The number of halogens is 1. The van der Waals surface area contributed by atoms with Crippen LogP contribution in [-0.2, 0) is 6.42 Å². The summed E-state index contributed by atoms with van der Waals surface area (Å²) in [6.07, 6.45) is 3.25. The molecule has 1 N–H and O–H groups in total. The Balaban J connectivity index is 1.92. The third kappa shape index (κ3) is 2.37. The van der Waals surface area contributed by atoms with E-state index in [4.69, 9.17) is 5.26 Å². The van der Waals surface area contributed by atoms with Gasteiger partial charge in [-0.15, -0.1) is 0 Å². The summed E-state index contributed by atoms with van der Waals surface area (Å²) >= 11 is 0. The van der Waals surface area contributed by atoms with Gasteiger partial charge in [-0.05, 0) is 48.6 Å². The highest BCUT2D eigenvalue weighted by Crippen LogP contribution is 2.33. The van der Waals surface area contributed by atoms with E-state index >= 15 is 0 Å². The predicted molar refractivity (Wildman–Crippen MR) is 76.9 cm³/mol. The number of aryl methyl sites for hydroxylation is 1. The van der Waals surface area contributed by atoms with Crippen molar-refractivity contribution in [1.29, 1.82) is 5.26 Å². The van der Waals surface area contributed by atoms with Crippen LogP contribution in [0.4, 0.5) is 10.1 Å². The van der Waals surface area contributed by atoms with E-state index in [1.54, 1.807) is 6.07 Å². The Labute approximate surface area is 117 Å². The Morgan fingerprint density at radius 3 is 2.90 bits per heavy atom. The first kappa shape index (κ1) is 12.7. The fourth-order valence-electron chi connectivity index (χ4n) is 2.83. The molecule has 3 rings (SSSR count). The standard InChI is InChI=1S/C17H15FN2/c18-14-8-9-16(13(10-14)11-19)20-17-7-3-5-12-4-1-2-6-15(12)17/h1-2,4,6,8-10,17,20H,3,5,7H2. The van der Waals surface area contributed by atoms with Gasteiger partial charge in [-0.1, -0.05) is 24.3 Å². The van der Waals surface area contributed by atoms with Gasteiger partial charge in [0.25, 0.3) is 0 Å². The Kier molecular flexibility index (Phi) is 3.39. The summed E-state index contributed by atoms with van der Waals surface area (Å²) in [7, 11) is 0. The molecule has 0 bridgehead atoms. The molecule has 3 heteroatoms. The van der Waals surface area contributed by atoms with Crippen LogP contribution in [0.2, 0.25) is 0 Å². The van der Waals surface area contributed by atoms with Gasteiger partial charge in [0.2, 0.25) is 0 Å². The third-order valence-corrected chi connectivity index (χ3v) is 3.80. The van der Waals surface area contributed by atoms with Crippen molar-refractivity contribution in [3.05, 3.63) is 65.0 Å². The molecule has 1 aliphatic carbocycles. The first-order valence-corrected chi connectivity index (χ1v) is 6.82. The van der Waals surface area contributed by atoms with Crippen molar-refractivity contribution in [2.24, 2.45) is 0 Å². The molecule has 0 saturated heterocycles. The van der Waals surface area contributed by atoms with Crippen LogP contribution in [0.15, 0.2) is 42.5 Å². The fraction of sp³-hybridized carbons (Fsp3) is 0.235. The van der Waals surface area contributed by atoms with Crippen molar-refractivity contribution in [3.63, 3.8) is 0 Å². The molecular formula is C17H15FN2. The maximum atomic E-state index is 13.2. The zero-order valence-corrected chi connectivity index (χ0v) is 11.1. The summed E-state index contributed by atoms with van der Waals surface area (Å²) in [6.45, 7) is 0. The lowest BCUT2D eigenvalue weighted by atomic mass is 9.87. The molecule has 20 heavy (non-hydrogen) atoms. The Morgan fingerprint density at radius 2 is 2.05 bits per heavy atom. The summed E-state index contributed by atoms with van der Waals surface area (Å²) in [5.41, 5.74) is 3.70. The number of nitrogens with one attached hydrogen (secondary N) is 1. The van der Waals surface area contributed by atoms with E-state index in [9.17, 15) is 4.39 Å². The number of anilines is 1. The Morgan fingerprint density at radius 1 is 1.20 bits per heavy atom. The van der Waals surface area contributed by atoms with Crippen molar-refractivity contribution in [1.82, 2.24) is 0 Å². The highest BCUT2D eigenvalue weighted by Gasteiger charge is 2.20. The molecular weight excluding hydrogens is 251 g/mol. The quantitative estimate of drug-likeness (QED) is 0.884. The zero-order valence-electron chi connectivity index (χ0n) is 11.1. The highest BCUT2D eigenvalue weighted by molar-refractivity contribution is 5.59.